The molecule has 1 aromatic carbocycles. The maximum absolute atomic E-state index is 12.3. The highest BCUT2D eigenvalue weighted by molar-refractivity contribution is 7.19. The molecule has 146 valence electrons. The van der Waals surface area contributed by atoms with Gasteiger partial charge in [-0.15, -0.1) is 11.3 Å². The van der Waals surface area contributed by atoms with Crippen LogP contribution in [0.2, 0.25) is 0 Å². The Hall–Kier alpha value is -2.51. The van der Waals surface area contributed by atoms with Crippen LogP contribution in [0.1, 0.15) is 17.7 Å². The highest BCUT2D eigenvalue weighted by Gasteiger charge is 2.17. The predicted molar refractivity (Wildman–Crippen MR) is 115 cm³/mol. The average Bonchev–Trinajstić information content (AvgIpc) is 3.08. The fourth-order valence-electron chi connectivity index (χ4n) is 3.65. The van der Waals surface area contributed by atoms with Crippen LogP contribution in [0.25, 0.3) is 21.3 Å². The van der Waals surface area contributed by atoms with E-state index in [2.05, 4.69) is 51.8 Å². The number of carbonyl (C=O) groups is 1. The number of carbonyl (C=O) groups excluding carboxylic acids is 1. The van der Waals surface area contributed by atoms with Gasteiger partial charge in [-0.2, -0.15) is 0 Å². The number of hydrogen-bond acceptors (Lipinski definition) is 6. The van der Waals surface area contributed by atoms with Crippen molar-refractivity contribution in [2.45, 2.75) is 19.8 Å². The number of amides is 1. The molecular weight excluding hydrogens is 370 g/mol. The predicted octanol–water partition coefficient (Wildman–Crippen LogP) is 3.29. The minimum atomic E-state index is 0.243. The van der Waals surface area contributed by atoms with Crippen LogP contribution < -0.4 is 10.6 Å². The molecule has 0 radical (unpaired) electrons. The van der Waals surface area contributed by atoms with Gasteiger partial charge in [-0.3, -0.25) is 4.79 Å². The van der Waals surface area contributed by atoms with E-state index in [-0.39, 0.29) is 5.91 Å². The molecule has 0 atom stereocenters. The summed E-state index contributed by atoms with van der Waals surface area (Å²) in [4.78, 5) is 25.5. The molecular formula is C21H25N5OS. The summed E-state index contributed by atoms with van der Waals surface area (Å²) in [5, 5.41) is 7.79. The zero-order valence-electron chi connectivity index (χ0n) is 16.1. The highest BCUT2D eigenvalue weighted by atomic mass is 32.1. The third-order valence-corrected chi connectivity index (χ3v) is 6.07. The van der Waals surface area contributed by atoms with Crippen molar-refractivity contribution in [3.8, 4) is 11.1 Å². The first kappa shape index (κ1) is 18.8. The Morgan fingerprint density at radius 1 is 1.21 bits per heavy atom. The van der Waals surface area contributed by atoms with Gasteiger partial charge in [0.2, 0.25) is 5.91 Å². The van der Waals surface area contributed by atoms with Gasteiger partial charge in [0.05, 0.1) is 5.39 Å². The van der Waals surface area contributed by atoms with E-state index in [4.69, 9.17) is 0 Å². The highest BCUT2D eigenvalue weighted by Crippen LogP contribution is 2.40. The first-order chi connectivity index (χ1) is 13.7. The number of hydrogen-bond donors (Lipinski definition) is 2. The minimum absolute atomic E-state index is 0.243. The first-order valence-corrected chi connectivity index (χ1v) is 10.6. The second-order valence-electron chi connectivity index (χ2n) is 6.96. The second kappa shape index (κ2) is 8.67. The van der Waals surface area contributed by atoms with Crippen LogP contribution in [0.15, 0.2) is 36.7 Å². The van der Waals surface area contributed by atoms with E-state index in [1.54, 1.807) is 17.7 Å². The van der Waals surface area contributed by atoms with Crippen molar-refractivity contribution in [1.82, 2.24) is 20.2 Å². The fourth-order valence-corrected chi connectivity index (χ4v) is 4.66. The monoisotopic (exact) mass is 395 g/mol. The van der Waals surface area contributed by atoms with Crippen molar-refractivity contribution < 1.29 is 4.79 Å². The Morgan fingerprint density at radius 3 is 2.79 bits per heavy atom. The quantitative estimate of drug-likeness (QED) is 0.627. The Morgan fingerprint density at radius 2 is 2.00 bits per heavy atom. The lowest BCUT2D eigenvalue weighted by molar-refractivity contribution is -0.131. The van der Waals surface area contributed by atoms with Gasteiger partial charge in [-0.25, -0.2) is 9.97 Å². The third-order valence-electron chi connectivity index (χ3n) is 5.06. The molecule has 3 aromatic rings. The van der Waals surface area contributed by atoms with Gasteiger partial charge >= 0.3 is 0 Å². The molecule has 1 saturated heterocycles. The van der Waals surface area contributed by atoms with Crippen LogP contribution in [0.3, 0.4) is 0 Å². The maximum Gasteiger partial charge on any atom is 0.222 e. The number of nitrogens with zero attached hydrogens (tertiary/aromatic N) is 3. The molecule has 1 aliphatic rings. The van der Waals surface area contributed by atoms with Crippen molar-refractivity contribution in [2.24, 2.45) is 0 Å². The van der Waals surface area contributed by atoms with Crippen LogP contribution in [-0.4, -0.2) is 53.5 Å². The Bertz CT molecular complexity index is 950. The van der Waals surface area contributed by atoms with E-state index in [0.717, 1.165) is 48.6 Å². The Kier molecular flexibility index (Phi) is 5.83. The fraction of sp³-hybridized carbons (Fsp3) is 0.381. The van der Waals surface area contributed by atoms with Crippen molar-refractivity contribution in [1.29, 1.82) is 0 Å². The van der Waals surface area contributed by atoms with E-state index >= 15 is 0 Å². The molecule has 2 N–H and O–H groups in total. The molecule has 0 unspecified atom stereocenters. The summed E-state index contributed by atoms with van der Waals surface area (Å²) >= 11 is 1.69. The van der Waals surface area contributed by atoms with Crippen molar-refractivity contribution >= 4 is 33.3 Å². The molecule has 0 spiro atoms. The Labute approximate surface area is 169 Å². The number of fused-ring (bicyclic) bond motifs is 1. The van der Waals surface area contributed by atoms with Crippen molar-refractivity contribution in [3.63, 3.8) is 0 Å². The first-order valence-electron chi connectivity index (χ1n) is 9.76. The van der Waals surface area contributed by atoms with Gasteiger partial charge < -0.3 is 15.5 Å². The topological polar surface area (TPSA) is 70.2 Å². The second-order valence-corrected chi connectivity index (χ2v) is 8.17. The summed E-state index contributed by atoms with van der Waals surface area (Å²) in [6.07, 6.45) is 2.97. The van der Waals surface area contributed by atoms with Crippen LogP contribution in [0.5, 0.6) is 0 Å². The molecule has 2 aromatic heterocycles. The number of nitrogens with one attached hydrogen (secondary N) is 2. The molecule has 0 saturated carbocycles. The molecule has 1 amide bonds. The van der Waals surface area contributed by atoms with E-state index in [0.29, 0.717) is 13.0 Å². The summed E-state index contributed by atoms with van der Waals surface area (Å²) in [5.41, 5.74) is 2.37. The molecule has 28 heavy (non-hydrogen) atoms. The SMILES string of the molecule is Cc1sc2ncnc(NCCCC(=O)N3CCNCC3)c2c1-c1ccccc1. The molecule has 1 aliphatic heterocycles. The lowest BCUT2D eigenvalue weighted by atomic mass is 10.0. The normalized spacial score (nSPS) is 14.4. The van der Waals surface area contributed by atoms with E-state index < -0.39 is 0 Å². The van der Waals surface area contributed by atoms with Gasteiger partial charge in [-0.05, 0) is 18.9 Å². The van der Waals surface area contributed by atoms with E-state index in [1.165, 1.54) is 16.0 Å². The van der Waals surface area contributed by atoms with Gasteiger partial charge in [-0.1, -0.05) is 30.3 Å². The number of piperazine rings is 1. The number of aromatic nitrogens is 2. The van der Waals surface area contributed by atoms with E-state index in [9.17, 15) is 4.79 Å². The summed E-state index contributed by atoms with van der Waals surface area (Å²) in [6.45, 7) is 6.25. The summed E-state index contributed by atoms with van der Waals surface area (Å²) in [6, 6.07) is 10.4. The lowest BCUT2D eigenvalue weighted by Gasteiger charge is -2.27. The van der Waals surface area contributed by atoms with Crippen LogP contribution in [0.4, 0.5) is 5.82 Å². The number of rotatable bonds is 6. The van der Waals surface area contributed by atoms with Gasteiger partial charge in [0.15, 0.2) is 0 Å². The van der Waals surface area contributed by atoms with Gasteiger partial charge in [0.25, 0.3) is 0 Å². The number of thiophene rings is 1. The minimum Gasteiger partial charge on any atom is -0.369 e. The zero-order chi connectivity index (χ0) is 19.3. The summed E-state index contributed by atoms with van der Waals surface area (Å²) in [7, 11) is 0. The lowest BCUT2D eigenvalue weighted by Crippen LogP contribution is -2.46. The van der Waals surface area contributed by atoms with Gasteiger partial charge in [0, 0.05) is 49.6 Å². The van der Waals surface area contributed by atoms with Crippen LogP contribution in [-0.2, 0) is 4.79 Å². The Balaban J connectivity index is 1.46. The van der Waals surface area contributed by atoms with Gasteiger partial charge in [0.1, 0.15) is 17.0 Å². The molecule has 7 heteroatoms. The maximum atomic E-state index is 12.3. The summed E-state index contributed by atoms with van der Waals surface area (Å²) in [5.74, 6) is 1.09. The number of aryl methyl sites for hydroxylation is 1. The average molecular weight is 396 g/mol. The molecule has 0 aliphatic carbocycles. The van der Waals surface area contributed by atoms with E-state index in [1.807, 2.05) is 11.0 Å². The standard InChI is InChI=1S/C21H25N5OS/c1-15-18(16-6-3-2-4-7-16)19-20(24-14-25-21(19)28-15)23-9-5-8-17(27)26-12-10-22-11-13-26/h2-4,6-7,14,22H,5,8-13H2,1H3,(H,23,24,25). The number of benzene rings is 1. The molecule has 4 rings (SSSR count). The third kappa shape index (κ3) is 4.00. The summed E-state index contributed by atoms with van der Waals surface area (Å²) < 4.78 is 0. The smallest absolute Gasteiger partial charge is 0.222 e. The van der Waals surface area contributed by atoms with Crippen molar-refractivity contribution in [3.05, 3.63) is 41.5 Å². The van der Waals surface area contributed by atoms with Crippen LogP contribution in [0, 0.1) is 6.92 Å². The van der Waals surface area contributed by atoms with Crippen molar-refractivity contribution in [2.75, 3.05) is 38.0 Å². The molecule has 1 fully saturated rings. The largest absolute Gasteiger partial charge is 0.369 e. The van der Waals surface area contributed by atoms with Crippen LogP contribution >= 0.6 is 11.3 Å². The number of anilines is 1. The molecule has 3 heterocycles. The molecule has 6 nitrogen and oxygen atoms in total. The molecule has 0 bridgehead atoms. The zero-order valence-corrected chi connectivity index (χ0v) is 16.9.